The van der Waals surface area contributed by atoms with E-state index in [0.29, 0.717) is 37.3 Å². The van der Waals surface area contributed by atoms with E-state index in [1.807, 2.05) is 35.2 Å². The van der Waals surface area contributed by atoms with Gasteiger partial charge in [0.1, 0.15) is 18.0 Å². The first-order valence-electron chi connectivity index (χ1n) is 18.5. The van der Waals surface area contributed by atoms with Crippen molar-refractivity contribution in [2.45, 2.75) is 57.0 Å². The quantitative estimate of drug-likeness (QED) is 0.299. The van der Waals surface area contributed by atoms with Crippen LogP contribution in [-0.4, -0.2) is 141 Å². The van der Waals surface area contributed by atoms with Crippen molar-refractivity contribution in [2.24, 2.45) is 0 Å². The number of halogens is 1. The highest BCUT2D eigenvalue weighted by Crippen LogP contribution is 2.31. The number of hydrazine groups is 1. The summed E-state index contributed by atoms with van der Waals surface area (Å²) in [5.74, 6) is -0.747. The van der Waals surface area contributed by atoms with Gasteiger partial charge in [-0.25, -0.2) is 19.4 Å². The summed E-state index contributed by atoms with van der Waals surface area (Å²) in [6.45, 7) is 10.8. The zero-order valence-electron chi connectivity index (χ0n) is 30.6. The van der Waals surface area contributed by atoms with Crippen LogP contribution in [-0.2, 0) is 33.8 Å². The van der Waals surface area contributed by atoms with Gasteiger partial charge in [-0.1, -0.05) is 48.5 Å². The molecular formula is C40H49FN8O4. The molecule has 280 valence electrons. The van der Waals surface area contributed by atoms with Crippen molar-refractivity contribution in [1.29, 1.82) is 0 Å². The van der Waals surface area contributed by atoms with E-state index in [2.05, 4.69) is 30.4 Å². The summed E-state index contributed by atoms with van der Waals surface area (Å²) < 4.78 is 15.3. The van der Waals surface area contributed by atoms with Crippen LogP contribution < -0.4 is 4.90 Å². The number of carbonyl (C=O) groups excluding carboxylic acids is 3. The van der Waals surface area contributed by atoms with Gasteiger partial charge >= 0.3 is 0 Å². The van der Waals surface area contributed by atoms with Gasteiger partial charge in [0.15, 0.2) is 11.6 Å². The molecule has 0 aliphatic carbocycles. The largest absolute Gasteiger partial charge is 0.508 e. The van der Waals surface area contributed by atoms with E-state index in [1.54, 1.807) is 56.2 Å². The summed E-state index contributed by atoms with van der Waals surface area (Å²) in [7, 11) is 2.14. The van der Waals surface area contributed by atoms with Crippen LogP contribution in [0.1, 0.15) is 30.2 Å². The van der Waals surface area contributed by atoms with E-state index in [-0.39, 0.29) is 68.3 Å². The molecule has 12 nitrogen and oxygen atoms in total. The van der Waals surface area contributed by atoms with Crippen LogP contribution in [0.2, 0.25) is 0 Å². The van der Waals surface area contributed by atoms with Crippen LogP contribution in [0.15, 0.2) is 79.4 Å². The van der Waals surface area contributed by atoms with Crippen LogP contribution >= 0.6 is 0 Å². The maximum absolute atomic E-state index is 15.3. The molecule has 3 amide bonds. The van der Waals surface area contributed by atoms with Crippen LogP contribution in [0.5, 0.6) is 5.75 Å². The number of amides is 3. The minimum Gasteiger partial charge on any atom is -0.508 e. The van der Waals surface area contributed by atoms with Gasteiger partial charge in [0.25, 0.3) is 0 Å². The number of likely N-dealkylation sites (N-methyl/N-ethyl adjacent to an activating group) is 1. The molecule has 0 bridgehead atoms. The van der Waals surface area contributed by atoms with Crippen molar-refractivity contribution in [3.05, 3.63) is 102 Å². The summed E-state index contributed by atoms with van der Waals surface area (Å²) in [6, 6.07) is 19.2. The van der Waals surface area contributed by atoms with Gasteiger partial charge in [0.05, 0.1) is 25.3 Å². The third-order valence-corrected chi connectivity index (χ3v) is 11.2. The number of rotatable bonds is 11. The number of pyridine rings is 1. The van der Waals surface area contributed by atoms with Crippen LogP contribution in [0.4, 0.5) is 10.2 Å². The number of fused-ring (bicyclic) bond motifs is 1. The number of nitrogens with zero attached hydrogens (tertiary/aromatic N) is 8. The number of benzene rings is 2. The number of hydrogen-bond donors (Lipinski definition) is 1. The molecule has 53 heavy (non-hydrogen) atoms. The van der Waals surface area contributed by atoms with Crippen molar-refractivity contribution in [3.8, 4) is 5.75 Å². The monoisotopic (exact) mass is 724 g/mol. The lowest BCUT2D eigenvalue weighted by Crippen LogP contribution is -2.75. The average Bonchev–Trinajstić information content (AvgIpc) is 3.12. The predicted molar refractivity (Wildman–Crippen MR) is 199 cm³/mol. The lowest BCUT2D eigenvalue weighted by atomic mass is 9.98. The Morgan fingerprint density at radius 3 is 2.45 bits per heavy atom. The normalized spacial score (nSPS) is 23.3. The fourth-order valence-electron chi connectivity index (χ4n) is 8.01. The highest BCUT2D eigenvalue weighted by Gasteiger charge is 2.51. The fraction of sp³-hybridized carbons (Fsp3) is 0.450. The van der Waals surface area contributed by atoms with E-state index in [1.165, 1.54) is 6.07 Å². The Balaban J connectivity index is 1.15. The molecule has 0 radical (unpaired) electrons. The third kappa shape index (κ3) is 7.78. The standard InChI is InChI=1S/C40H49FN8O4/c1-4-18-47-27-38(52)48-35(21-30-10-14-33(50)15-11-30)40(53)46(26-36(48)49(47)37(51)17-12-29-8-6-5-7-9-29)23-31-13-16-34(41)39(42-31)45-24-32(25-45)44-20-19-43(3)28(2)22-44/h4-11,13-16,28,32,35-36,50H,1,12,17-27H2,2-3H3/t28-,35+,36?/m1/s1. The number of aryl methyl sites for hydroxylation is 1. The Morgan fingerprint density at radius 1 is 0.981 bits per heavy atom. The predicted octanol–water partition coefficient (Wildman–Crippen LogP) is 2.74. The SMILES string of the molecule is C=CCN1CC(=O)N2C(CN(Cc3ccc(F)c(N4CC(N5CCN(C)[C@H](C)C5)C4)n3)C(=O)[C@@H]2Cc2ccc(O)cc2)N1C(=O)CCc1ccccc1. The number of anilines is 1. The summed E-state index contributed by atoms with van der Waals surface area (Å²) in [6.07, 6.45) is 1.80. The Morgan fingerprint density at radius 2 is 1.74 bits per heavy atom. The first-order chi connectivity index (χ1) is 25.6. The van der Waals surface area contributed by atoms with Crippen molar-refractivity contribution in [2.75, 3.05) is 64.3 Å². The second-order valence-corrected chi connectivity index (χ2v) is 14.7. The van der Waals surface area contributed by atoms with E-state index in [4.69, 9.17) is 4.98 Å². The van der Waals surface area contributed by atoms with Gasteiger partial charge in [-0.3, -0.25) is 19.3 Å². The number of carbonyl (C=O) groups is 3. The Bertz CT molecular complexity index is 1810. The van der Waals surface area contributed by atoms with Crippen LogP contribution in [0.3, 0.4) is 0 Å². The zero-order valence-corrected chi connectivity index (χ0v) is 30.6. The average molecular weight is 725 g/mol. The Hall–Kier alpha value is -4.85. The number of aromatic nitrogens is 1. The molecule has 4 fully saturated rings. The first kappa shape index (κ1) is 36.5. The number of phenolic OH excluding ortho intramolecular Hbond substituents is 1. The minimum atomic E-state index is -0.914. The molecule has 0 saturated carbocycles. The lowest BCUT2D eigenvalue weighted by molar-refractivity contribution is -0.205. The second-order valence-electron chi connectivity index (χ2n) is 14.7. The Labute approximate surface area is 310 Å². The topological polar surface area (TPSA) is 107 Å². The molecular weight excluding hydrogens is 675 g/mol. The van der Waals surface area contributed by atoms with Gasteiger partial charge < -0.3 is 24.7 Å². The van der Waals surface area contributed by atoms with Gasteiger partial charge in [0, 0.05) is 64.2 Å². The van der Waals surface area contributed by atoms with Crippen molar-refractivity contribution < 1.29 is 23.9 Å². The number of hydrogen-bond acceptors (Lipinski definition) is 9. The molecule has 3 atom stereocenters. The third-order valence-electron chi connectivity index (χ3n) is 11.2. The zero-order chi connectivity index (χ0) is 37.2. The summed E-state index contributed by atoms with van der Waals surface area (Å²) in [5.41, 5.74) is 2.31. The first-order valence-corrected chi connectivity index (χ1v) is 18.5. The second kappa shape index (κ2) is 15.6. The van der Waals surface area contributed by atoms with Crippen molar-refractivity contribution in [1.82, 2.24) is 34.6 Å². The summed E-state index contributed by atoms with van der Waals surface area (Å²) in [4.78, 5) is 57.3. The molecule has 4 aliphatic heterocycles. The lowest BCUT2D eigenvalue weighted by Gasteiger charge is -2.55. The van der Waals surface area contributed by atoms with Gasteiger partial charge in [0.2, 0.25) is 17.7 Å². The maximum atomic E-state index is 15.3. The van der Waals surface area contributed by atoms with E-state index in [9.17, 15) is 19.5 Å². The van der Waals surface area contributed by atoms with E-state index < -0.39 is 18.0 Å². The van der Waals surface area contributed by atoms with E-state index in [0.717, 1.165) is 30.8 Å². The maximum Gasteiger partial charge on any atom is 0.246 e. The molecule has 4 saturated heterocycles. The highest BCUT2D eigenvalue weighted by molar-refractivity contribution is 5.92. The molecule has 1 unspecified atom stereocenters. The molecule has 7 rings (SSSR count). The van der Waals surface area contributed by atoms with Crippen LogP contribution in [0.25, 0.3) is 0 Å². The fourth-order valence-corrected chi connectivity index (χ4v) is 8.01. The summed E-state index contributed by atoms with van der Waals surface area (Å²) >= 11 is 0. The molecule has 2 aromatic carbocycles. The molecule has 0 spiro atoms. The molecule has 1 aromatic heterocycles. The molecule has 3 aromatic rings. The molecule has 4 aliphatic rings. The van der Waals surface area contributed by atoms with Gasteiger partial charge in [-0.2, -0.15) is 0 Å². The number of phenols is 1. The number of piperazine rings is 2. The molecule has 13 heteroatoms. The van der Waals surface area contributed by atoms with Crippen LogP contribution in [0, 0.1) is 5.82 Å². The Kier molecular flexibility index (Phi) is 10.8. The van der Waals surface area contributed by atoms with Crippen molar-refractivity contribution >= 4 is 23.5 Å². The minimum absolute atomic E-state index is 0.0587. The van der Waals surface area contributed by atoms with E-state index >= 15 is 4.39 Å². The van der Waals surface area contributed by atoms with Gasteiger partial charge in [-0.05, 0) is 55.8 Å². The molecule has 5 heterocycles. The molecule has 1 N–H and O–H groups in total. The van der Waals surface area contributed by atoms with Crippen molar-refractivity contribution in [3.63, 3.8) is 0 Å². The highest BCUT2D eigenvalue weighted by atomic mass is 19.1. The number of aromatic hydroxyl groups is 1. The van der Waals surface area contributed by atoms with Gasteiger partial charge in [-0.15, -0.1) is 6.58 Å². The summed E-state index contributed by atoms with van der Waals surface area (Å²) in [5, 5.41) is 13.3. The smallest absolute Gasteiger partial charge is 0.246 e.